The van der Waals surface area contributed by atoms with Crippen LogP contribution in [0.1, 0.15) is 10.4 Å². The maximum atomic E-state index is 12.0. The van der Waals surface area contributed by atoms with E-state index in [4.69, 9.17) is 0 Å². The van der Waals surface area contributed by atoms with Crippen molar-refractivity contribution >= 4 is 22.4 Å². The molecule has 0 aliphatic heterocycles. The third-order valence-electron chi connectivity index (χ3n) is 2.72. The number of hydrogen-bond acceptors (Lipinski definition) is 4. The third kappa shape index (κ3) is 2.73. The fraction of sp³-hybridized carbons (Fsp3) is 0. The number of carbonyl (C=O) groups is 1. The maximum absolute atomic E-state index is 12.0. The zero-order chi connectivity index (χ0) is 13.8. The standard InChI is InChI=1S/C15H11N3OS/c19-14(11-5-2-1-3-6-11)18-15-17-13(10-20-15)12-7-4-8-16-9-12/h1-10H,(H,17,18,19). The maximum Gasteiger partial charge on any atom is 0.257 e. The molecule has 2 heterocycles. The van der Waals surface area contributed by atoms with Crippen LogP contribution in [0.15, 0.2) is 60.2 Å². The van der Waals surface area contributed by atoms with Gasteiger partial charge in [0.05, 0.1) is 5.69 Å². The summed E-state index contributed by atoms with van der Waals surface area (Å²) < 4.78 is 0. The van der Waals surface area contributed by atoms with Gasteiger partial charge in [-0.3, -0.25) is 15.1 Å². The average molecular weight is 281 g/mol. The summed E-state index contributed by atoms with van der Waals surface area (Å²) in [5.41, 5.74) is 2.36. The van der Waals surface area contributed by atoms with Crippen LogP contribution < -0.4 is 5.32 Å². The van der Waals surface area contributed by atoms with Gasteiger partial charge in [-0.2, -0.15) is 0 Å². The molecule has 4 nitrogen and oxygen atoms in total. The van der Waals surface area contributed by atoms with Gasteiger partial charge in [-0.15, -0.1) is 11.3 Å². The van der Waals surface area contributed by atoms with Crippen molar-refractivity contribution in [2.45, 2.75) is 0 Å². The zero-order valence-corrected chi connectivity index (χ0v) is 11.3. The Hall–Kier alpha value is -2.53. The fourth-order valence-electron chi connectivity index (χ4n) is 1.74. The van der Waals surface area contributed by atoms with Gasteiger partial charge in [-0.1, -0.05) is 18.2 Å². The molecule has 1 amide bonds. The molecule has 0 bridgehead atoms. The number of carbonyl (C=O) groups excluding carboxylic acids is 1. The van der Waals surface area contributed by atoms with Gasteiger partial charge in [-0.25, -0.2) is 4.98 Å². The van der Waals surface area contributed by atoms with Crippen LogP contribution in [-0.4, -0.2) is 15.9 Å². The van der Waals surface area contributed by atoms with Crippen molar-refractivity contribution in [3.05, 3.63) is 65.8 Å². The van der Waals surface area contributed by atoms with Gasteiger partial charge in [0.25, 0.3) is 5.91 Å². The van der Waals surface area contributed by atoms with Crippen molar-refractivity contribution in [2.24, 2.45) is 0 Å². The van der Waals surface area contributed by atoms with Crippen LogP contribution in [0.4, 0.5) is 5.13 Å². The second-order valence-corrected chi connectivity index (χ2v) is 4.96. The Labute approximate surface area is 120 Å². The molecule has 0 saturated carbocycles. The van der Waals surface area contributed by atoms with E-state index in [0.29, 0.717) is 10.7 Å². The van der Waals surface area contributed by atoms with E-state index in [1.54, 1.807) is 24.5 Å². The topological polar surface area (TPSA) is 54.9 Å². The second kappa shape index (κ2) is 5.63. The minimum atomic E-state index is -0.155. The van der Waals surface area contributed by atoms with Crippen molar-refractivity contribution in [3.8, 4) is 11.3 Å². The Balaban J connectivity index is 1.77. The van der Waals surface area contributed by atoms with E-state index < -0.39 is 0 Å². The Morgan fingerprint density at radius 3 is 2.70 bits per heavy atom. The molecule has 0 unspecified atom stereocenters. The number of nitrogens with zero attached hydrogens (tertiary/aromatic N) is 2. The smallest absolute Gasteiger partial charge is 0.257 e. The molecule has 0 aliphatic carbocycles. The summed E-state index contributed by atoms with van der Waals surface area (Å²) in [6.07, 6.45) is 3.46. The molecule has 3 rings (SSSR count). The van der Waals surface area contributed by atoms with Crippen LogP contribution in [0.2, 0.25) is 0 Å². The predicted molar refractivity (Wildman–Crippen MR) is 79.7 cm³/mol. The molecule has 0 aliphatic rings. The zero-order valence-electron chi connectivity index (χ0n) is 10.5. The van der Waals surface area contributed by atoms with E-state index in [1.165, 1.54) is 11.3 Å². The summed E-state index contributed by atoms with van der Waals surface area (Å²) in [7, 11) is 0. The first kappa shape index (κ1) is 12.5. The number of nitrogens with one attached hydrogen (secondary N) is 1. The summed E-state index contributed by atoms with van der Waals surface area (Å²) in [5.74, 6) is -0.155. The number of aromatic nitrogens is 2. The number of hydrogen-bond donors (Lipinski definition) is 1. The Bertz CT molecular complexity index is 710. The quantitative estimate of drug-likeness (QED) is 0.800. The van der Waals surface area contributed by atoms with Crippen LogP contribution in [0, 0.1) is 0 Å². The van der Waals surface area contributed by atoms with Crippen molar-refractivity contribution in [1.82, 2.24) is 9.97 Å². The van der Waals surface area contributed by atoms with Crippen LogP contribution in [0.5, 0.6) is 0 Å². The molecule has 3 aromatic rings. The van der Waals surface area contributed by atoms with Gasteiger partial charge in [0.1, 0.15) is 0 Å². The number of amides is 1. The molecular weight excluding hydrogens is 270 g/mol. The van der Waals surface area contributed by atoms with E-state index in [2.05, 4.69) is 15.3 Å². The van der Waals surface area contributed by atoms with E-state index >= 15 is 0 Å². The van der Waals surface area contributed by atoms with Crippen LogP contribution in [-0.2, 0) is 0 Å². The Morgan fingerprint density at radius 2 is 1.95 bits per heavy atom. The van der Waals surface area contributed by atoms with Gasteiger partial charge >= 0.3 is 0 Å². The van der Waals surface area contributed by atoms with E-state index in [-0.39, 0.29) is 5.91 Å². The van der Waals surface area contributed by atoms with Crippen molar-refractivity contribution in [2.75, 3.05) is 5.32 Å². The molecule has 98 valence electrons. The minimum Gasteiger partial charge on any atom is -0.298 e. The molecule has 5 heteroatoms. The van der Waals surface area contributed by atoms with E-state index in [9.17, 15) is 4.79 Å². The molecule has 0 saturated heterocycles. The highest BCUT2D eigenvalue weighted by Gasteiger charge is 2.09. The molecular formula is C15H11N3OS. The lowest BCUT2D eigenvalue weighted by Gasteiger charge is -2.00. The van der Waals surface area contributed by atoms with Crippen LogP contribution in [0.3, 0.4) is 0 Å². The monoisotopic (exact) mass is 281 g/mol. The normalized spacial score (nSPS) is 10.2. The number of benzene rings is 1. The summed E-state index contributed by atoms with van der Waals surface area (Å²) in [5, 5.41) is 5.28. The highest BCUT2D eigenvalue weighted by Crippen LogP contribution is 2.24. The second-order valence-electron chi connectivity index (χ2n) is 4.10. The van der Waals surface area contributed by atoms with Gasteiger partial charge in [-0.05, 0) is 24.3 Å². The molecule has 0 fully saturated rings. The first-order valence-corrected chi connectivity index (χ1v) is 6.93. The lowest BCUT2D eigenvalue weighted by atomic mass is 10.2. The first-order valence-electron chi connectivity index (χ1n) is 6.05. The summed E-state index contributed by atoms with van der Waals surface area (Å²) in [6.45, 7) is 0. The minimum absolute atomic E-state index is 0.155. The van der Waals surface area contributed by atoms with Gasteiger partial charge < -0.3 is 0 Å². The van der Waals surface area contributed by atoms with Gasteiger partial charge in [0.2, 0.25) is 0 Å². The molecule has 1 N–H and O–H groups in total. The van der Waals surface area contributed by atoms with Crippen molar-refractivity contribution < 1.29 is 4.79 Å². The number of anilines is 1. The average Bonchev–Trinajstić information content (AvgIpc) is 2.97. The summed E-state index contributed by atoms with van der Waals surface area (Å²) in [4.78, 5) is 20.5. The summed E-state index contributed by atoms with van der Waals surface area (Å²) >= 11 is 1.40. The largest absolute Gasteiger partial charge is 0.298 e. The first-order chi connectivity index (χ1) is 9.83. The number of rotatable bonds is 3. The lowest BCUT2D eigenvalue weighted by Crippen LogP contribution is -2.11. The fourth-order valence-corrected chi connectivity index (χ4v) is 2.45. The van der Waals surface area contributed by atoms with Gasteiger partial charge in [0.15, 0.2) is 5.13 Å². The molecule has 0 radical (unpaired) electrons. The van der Waals surface area contributed by atoms with Crippen LogP contribution in [0.25, 0.3) is 11.3 Å². The summed E-state index contributed by atoms with van der Waals surface area (Å²) in [6, 6.07) is 12.9. The SMILES string of the molecule is O=C(Nc1nc(-c2cccnc2)cs1)c1ccccc1. The van der Waals surface area contributed by atoms with E-state index in [1.807, 2.05) is 35.7 Å². The molecule has 1 aromatic carbocycles. The lowest BCUT2D eigenvalue weighted by molar-refractivity contribution is 0.102. The van der Waals surface area contributed by atoms with Gasteiger partial charge in [0, 0.05) is 28.9 Å². The number of thiazole rings is 1. The Morgan fingerprint density at radius 1 is 1.10 bits per heavy atom. The molecule has 0 atom stereocenters. The predicted octanol–water partition coefficient (Wildman–Crippen LogP) is 3.46. The van der Waals surface area contributed by atoms with Crippen LogP contribution >= 0.6 is 11.3 Å². The highest BCUT2D eigenvalue weighted by molar-refractivity contribution is 7.14. The van der Waals surface area contributed by atoms with Crippen molar-refractivity contribution in [3.63, 3.8) is 0 Å². The Kier molecular flexibility index (Phi) is 3.52. The molecule has 0 spiro atoms. The number of pyridine rings is 1. The molecule has 2 aromatic heterocycles. The highest BCUT2D eigenvalue weighted by atomic mass is 32.1. The van der Waals surface area contributed by atoms with Crippen molar-refractivity contribution in [1.29, 1.82) is 0 Å². The van der Waals surface area contributed by atoms with E-state index in [0.717, 1.165) is 11.3 Å². The molecule has 20 heavy (non-hydrogen) atoms. The third-order valence-corrected chi connectivity index (χ3v) is 3.48.